The predicted molar refractivity (Wildman–Crippen MR) is 118 cm³/mol. The van der Waals surface area contributed by atoms with Crippen molar-refractivity contribution < 1.29 is 19.1 Å². The van der Waals surface area contributed by atoms with Gasteiger partial charge in [-0.1, -0.05) is 19.9 Å². The van der Waals surface area contributed by atoms with Gasteiger partial charge in [0.15, 0.2) is 0 Å². The van der Waals surface area contributed by atoms with Crippen molar-refractivity contribution in [3.8, 4) is 0 Å². The van der Waals surface area contributed by atoms with E-state index in [9.17, 15) is 14.4 Å². The molecule has 1 aliphatic rings. The summed E-state index contributed by atoms with van der Waals surface area (Å²) in [5.41, 5.74) is 1.03. The summed E-state index contributed by atoms with van der Waals surface area (Å²) in [5.74, 6) is -0.432. The average Bonchev–Trinajstić information content (AvgIpc) is 3.49. The summed E-state index contributed by atoms with van der Waals surface area (Å²) in [6.07, 6.45) is 8.25. The lowest BCUT2D eigenvalue weighted by Crippen LogP contribution is -2.51. The molecule has 2 aromatic heterocycles. The van der Waals surface area contributed by atoms with E-state index < -0.39 is 12.0 Å². The van der Waals surface area contributed by atoms with Gasteiger partial charge in [-0.15, -0.1) is 6.58 Å². The molecule has 0 spiro atoms. The number of hydrogen-bond acceptors (Lipinski definition) is 5. The number of nitrogens with one attached hydrogen (secondary N) is 3. The van der Waals surface area contributed by atoms with Gasteiger partial charge in [0, 0.05) is 30.8 Å². The zero-order valence-electron chi connectivity index (χ0n) is 18.2. The van der Waals surface area contributed by atoms with E-state index in [1.165, 1.54) is 11.7 Å². The Bertz CT molecular complexity index is 874. The van der Waals surface area contributed by atoms with Crippen LogP contribution in [0.1, 0.15) is 38.4 Å². The number of fused-ring (bicyclic) bond motifs is 1. The Morgan fingerprint density at radius 3 is 2.55 bits per heavy atom. The molecule has 0 fully saturated rings. The molecule has 0 radical (unpaired) electrons. The van der Waals surface area contributed by atoms with Gasteiger partial charge in [0.05, 0.1) is 19.2 Å². The second-order valence-electron chi connectivity index (χ2n) is 6.97. The van der Waals surface area contributed by atoms with Crippen LogP contribution in [-0.2, 0) is 9.53 Å². The molecule has 0 saturated carbocycles. The number of carbonyl (C=O) groups excluding carboxylic acids is 3. The summed E-state index contributed by atoms with van der Waals surface area (Å²) in [7, 11) is 1.30. The summed E-state index contributed by atoms with van der Waals surface area (Å²) >= 11 is 0. The Morgan fingerprint density at radius 2 is 1.97 bits per heavy atom. The molecule has 168 valence electrons. The van der Waals surface area contributed by atoms with E-state index in [1.54, 1.807) is 42.2 Å². The molecular weight excluding hydrogens is 398 g/mol. The topological polar surface area (TPSA) is 106 Å². The summed E-state index contributed by atoms with van der Waals surface area (Å²) in [6.45, 7) is 8.31. The molecule has 31 heavy (non-hydrogen) atoms. The fraction of sp³-hybridized carbons (Fsp3) is 0.409. The van der Waals surface area contributed by atoms with E-state index in [0.717, 1.165) is 18.7 Å². The second kappa shape index (κ2) is 11.8. The van der Waals surface area contributed by atoms with Gasteiger partial charge in [-0.05, 0) is 37.1 Å². The first-order valence-electron chi connectivity index (χ1n) is 10.3. The lowest BCUT2D eigenvalue weighted by atomic mass is 10.0. The zero-order valence-corrected chi connectivity index (χ0v) is 18.2. The highest BCUT2D eigenvalue weighted by Gasteiger charge is 2.31. The van der Waals surface area contributed by atoms with Gasteiger partial charge in [-0.25, -0.2) is 14.4 Å². The predicted octanol–water partition coefficient (Wildman–Crippen LogP) is 2.65. The highest BCUT2D eigenvalue weighted by Crippen LogP contribution is 2.23. The van der Waals surface area contributed by atoms with Crippen LogP contribution in [0.3, 0.4) is 0 Å². The molecule has 2 amide bonds. The third kappa shape index (κ3) is 6.08. The van der Waals surface area contributed by atoms with Crippen LogP contribution < -0.4 is 16.0 Å². The molecule has 1 aliphatic heterocycles. The molecule has 3 atom stereocenters. The van der Waals surface area contributed by atoms with Crippen LogP contribution in [0.25, 0.3) is 0 Å². The first-order chi connectivity index (χ1) is 15.0. The fourth-order valence-electron chi connectivity index (χ4n) is 3.31. The standard InChI is InChI=1S/C12H17N3O.C10H14N2O3/c1-3-7-13-11-9(4-2)14-12(16)15-8-5-6-10(11)15;1-3-8(9(13)15-2)11-10(14)12-6-4-5-7-12/h3,5-6,8-9,11,13H,1,4,7H2,2H3,(H,14,16);4-8H,3H2,1-2H3,(H,11,14)/t9-,11-;8-/m00/s1. The third-order valence-electron chi connectivity index (χ3n) is 4.98. The monoisotopic (exact) mass is 429 g/mol. The third-order valence-corrected chi connectivity index (χ3v) is 4.98. The number of methoxy groups -OCH3 is 1. The first kappa shape index (κ1) is 23.9. The van der Waals surface area contributed by atoms with Gasteiger partial charge in [0.2, 0.25) is 0 Å². The molecule has 9 heteroatoms. The van der Waals surface area contributed by atoms with Crippen LogP contribution >= 0.6 is 0 Å². The van der Waals surface area contributed by atoms with Crippen LogP contribution in [0.2, 0.25) is 0 Å². The summed E-state index contributed by atoms with van der Waals surface area (Å²) in [5, 5.41) is 8.95. The van der Waals surface area contributed by atoms with Gasteiger partial charge >= 0.3 is 18.0 Å². The van der Waals surface area contributed by atoms with Crippen molar-refractivity contribution in [1.29, 1.82) is 0 Å². The lowest BCUT2D eigenvalue weighted by molar-refractivity contribution is -0.142. The van der Waals surface area contributed by atoms with E-state index in [4.69, 9.17) is 0 Å². The molecule has 0 aromatic carbocycles. The minimum Gasteiger partial charge on any atom is -0.467 e. The largest absolute Gasteiger partial charge is 0.467 e. The van der Waals surface area contributed by atoms with Crippen molar-refractivity contribution in [3.63, 3.8) is 0 Å². The SMILES string of the molecule is C=CCN[C@@H]1c2cccn2C(=O)N[C@H]1CC.CC[C@H](NC(=O)n1cccc1)C(=O)OC. The number of aromatic nitrogens is 2. The summed E-state index contributed by atoms with van der Waals surface area (Å²) in [6, 6.07) is 6.70. The van der Waals surface area contributed by atoms with Gasteiger partial charge in [-0.2, -0.15) is 0 Å². The Kier molecular flexibility index (Phi) is 9.08. The Morgan fingerprint density at radius 1 is 1.26 bits per heavy atom. The Hall–Kier alpha value is -3.33. The van der Waals surface area contributed by atoms with Gasteiger partial charge in [-0.3, -0.25) is 9.13 Å². The molecule has 0 aliphatic carbocycles. The van der Waals surface area contributed by atoms with E-state index >= 15 is 0 Å². The number of esters is 1. The smallest absolute Gasteiger partial charge is 0.328 e. The van der Waals surface area contributed by atoms with Gasteiger partial charge < -0.3 is 20.7 Å². The van der Waals surface area contributed by atoms with Crippen LogP contribution in [0, 0.1) is 0 Å². The minimum atomic E-state index is -0.593. The molecule has 2 aromatic rings. The average molecular weight is 430 g/mol. The molecule has 0 unspecified atom stereocenters. The van der Waals surface area contributed by atoms with Crippen molar-refractivity contribution in [3.05, 3.63) is 61.2 Å². The summed E-state index contributed by atoms with van der Waals surface area (Å²) in [4.78, 5) is 34.5. The number of carbonyl (C=O) groups is 3. The van der Waals surface area contributed by atoms with Crippen molar-refractivity contribution >= 4 is 18.0 Å². The Balaban J connectivity index is 0.000000221. The lowest BCUT2D eigenvalue weighted by Gasteiger charge is -2.33. The quantitative estimate of drug-likeness (QED) is 0.463. The molecule has 3 N–H and O–H groups in total. The van der Waals surface area contributed by atoms with Crippen LogP contribution in [-0.4, -0.2) is 52.9 Å². The van der Waals surface area contributed by atoms with E-state index in [0.29, 0.717) is 6.42 Å². The zero-order chi connectivity index (χ0) is 22.8. The van der Waals surface area contributed by atoms with Gasteiger partial charge in [0.25, 0.3) is 0 Å². The van der Waals surface area contributed by atoms with E-state index in [-0.39, 0.29) is 24.1 Å². The molecule has 9 nitrogen and oxygen atoms in total. The maximum Gasteiger partial charge on any atom is 0.328 e. The molecular formula is C22H31N5O4. The molecule has 3 rings (SSSR count). The maximum absolute atomic E-state index is 11.7. The highest BCUT2D eigenvalue weighted by molar-refractivity contribution is 5.84. The number of amides is 2. The molecule has 3 heterocycles. The van der Waals surface area contributed by atoms with Crippen molar-refractivity contribution in [2.45, 2.75) is 44.8 Å². The van der Waals surface area contributed by atoms with Crippen LogP contribution in [0.4, 0.5) is 9.59 Å². The number of rotatable bonds is 7. The summed E-state index contributed by atoms with van der Waals surface area (Å²) < 4.78 is 7.58. The second-order valence-corrected chi connectivity index (χ2v) is 6.97. The molecule has 0 bridgehead atoms. The first-order valence-corrected chi connectivity index (χ1v) is 10.3. The number of hydrogen-bond donors (Lipinski definition) is 3. The normalized spacial score (nSPS) is 18.0. The molecule has 0 saturated heterocycles. The van der Waals surface area contributed by atoms with Crippen molar-refractivity contribution in [2.24, 2.45) is 0 Å². The fourth-order valence-corrected chi connectivity index (χ4v) is 3.31. The Labute approximate surface area is 182 Å². The van der Waals surface area contributed by atoms with Crippen molar-refractivity contribution in [1.82, 2.24) is 25.1 Å². The van der Waals surface area contributed by atoms with Crippen molar-refractivity contribution in [2.75, 3.05) is 13.7 Å². The van der Waals surface area contributed by atoms with Gasteiger partial charge in [0.1, 0.15) is 6.04 Å². The maximum atomic E-state index is 11.7. The highest BCUT2D eigenvalue weighted by atomic mass is 16.5. The minimum absolute atomic E-state index is 0.0384. The number of nitrogens with zero attached hydrogens (tertiary/aromatic N) is 2. The van der Waals surface area contributed by atoms with Crippen LogP contribution in [0.15, 0.2) is 55.5 Å². The van der Waals surface area contributed by atoms with E-state index in [1.807, 2.05) is 18.2 Å². The van der Waals surface area contributed by atoms with E-state index in [2.05, 4.69) is 34.2 Å². The van der Waals surface area contributed by atoms with Crippen LogP contribution in [0.5, 0.6) is 0 Å². The number of ether oxygens (including phenoxy) is 1.